The highest BCUT2D eigenvalue weighted by atomic mass is 16.6. The Morgan fingerprint density at radius 2 is 1.16 bits per heavy atom. The molecule has 0 saturated carbocycles. The molecule has 0 aliphatic rings. The van der Waals surface area contributed by atoms with E-state index in [-0.39, 0.29) is 37.9 Å². The van der Waals surface area contributed by atoms with Gasteiger partial charge in [-0.3, -0.25) is 29.4 Å². The number of nitrogens with two attached hydrogens (primary N) is 1. The van der Waals surface area contributed by atoms with Crippen molar-refractivity contribution >= 4 is 35.6 Å². The van der Waals surface area contributed by atoms with Crippen molar-refractivity contribution in [3.63, 3.8) is 0 Å². The predicted molar refractivity (Wildman–Crippen MR) is 235 cm³/mol. The molecule has 0 unspecified atom stereocenters. The molecular formula is C46H65N7O9. The molecule has 3 aromatic rings. The van der Waals surface area contributed by atoms with Crippen molar-refractivity contribution in [1.29, 1.82) is 0 Å². The highest BCUT2D eigenvalue weighted by Gasteiger charge is 2.34. The van der Waals surface area contributed by atoms with Crippen LogP contribution in [0, 0.1) is 11.8 Å². The molecule has 16 nitrogen and oxygen atoms in total. The maximum atomic E-state index is 14.1. The maximum Gasteiger partial charge on any atom is 0.408 e. The first-order valence-electron chi connectivity index (χ1n) is 21.0. The highest BCUT2D eigenvalue weighted by molar-refractivity contribution is 5.96. The van der Waals surface area contributed by atoms with E-state index in [1.807, 2.05) is 81.4 Å². The van der Waals surface area contributed by atoms with E-state index in [1.165, 1.54) is 6.92 Å². The molecule has 3 rings (SSSR count). The maximum absolute atomic E-state index is 14.1. The number of hydrazine groups is 1. The van der Waals surface area contributed by atoms with Crippen molar-refractivity contribution < 1.29 is 43.0 Å². The van der Waals surface area contributed by atoms with Crippen molar-refractivity contribution in [2.75, 3.05) is 6.61 Å². The Balaban J connectivity index is 1.83. The standard InChI is InChI=1S/C46H65N7O9/c1-9-30(4)39(52-45(59)62-46(6,7)8)44(58)50-37(25-32-20-22-35(23-21-32)61-27-34-18-14-11-15-19-34)41(55)48-31(5)40(54)51-38(28-60-26-33-16-12-10-13-17-33)42(56)49-36(24-29(2)3)43(57)53-47/h10-23,29-31,36-39H,9,24-28,47H2,1-8H3,(H,48,55)(H,49,56)(H,50,58)(H,51,54)(H,52,59)(H,53,57)/t30-,31-,36-,37-,38-,39-/m0/s1. The average Bonchev–Trinajstić information content (AvgIpc) is 3.23. The van der Waals surface area contributed by atoms with Gasteiger partial charge in [-0.15, -0.1) is 0 Å². The minimum Gasteiger partial charge on any atom is -0.489 e. The van der Waals surface area contributed by atoms with Gasteiger partial charge in [0.25, 0.3) is 5.91 Å². The second kappa shape index (κ2) is 25.1. The van der Waals surface area contributed by atoms with Crippen LogP contribution in [0.4, 0.5) is 4.79 Å². The third kappa shape index (κ3) is 17.9. The van der Waals surface area contributed by atoms with Gasteiger partial charge in [0.1, 0.15) is 48.2 Å². The van der Waals surface area contributed by atoms with Crippen molar-refractivity contribution in [2.45, 2.75) is 124 Å². The highest BCUT2D eigenvalue weighted by Crippen LogP contribution is 2.17. The fourth-order valence-electron chi connectivity index (χ4n) is 6.11. The number of alkyl carbamates (subject to hydrolysis) is 1. The molecule has 62 heavy (non-hydrogen) atoms. The molecule has 0 aliphatic carbocycles. The molecule has 0 aromatic heterocycles. The first-order valence-corrected chi connectivity index (χ1v) is 21.0. The van der Waals surface area contributed by atoms with Crippen LogP contribution in [0.2, 0.25) is 0 Å². The molecule has 0 bridgehead atoms. The Labute approximate surface area is 365 Å². The molecule has 3 aromatic carbocycles. The number of hydrogen-bond donors (Lipinski definition) is 7. The summed E-state index contributed by atoms with van der Waals surface area (Å²) in [6.45, 7) is 14.2. The number of carbonyl (C=O) groups excluding carboxylic acids is 6. The second-order valence-corrected chi connectivity index (χ2v) is 16.7. The van der Waals surface area contributed by atoms with Gasteiger partial charge in [-0.2, -0.15) is 0 Å². The van der Waals surface area contributed by atoms with E-state index in [2.05, 4.69) is 32.0 Å². The lowest BCUT2D eigenvalue weighted by Gasteiger charge is -2.28. The second-order valence-electron chi connectivity index (χ2n) is 16.7. The summed E-state index contributed by atoms with van der Waals surface area (Å²) in [6, 6.07) is 20.2. The number of hydrogen-bond acceptors (Lipinski definition) is 10. The van der Waals surface area contributed by atoms with E-state index in [4.69, 9.17) is 20.1 Å². The van der Waals surface area contributed by atoms with Crippen molar-refractivity contribution in [1.82, 2.24) is 32.0 Å². The minimum atomic E-state index is -1.28. The molecule has 6 atom stereocenters. The summed E-state index contributed by atoms with van der Waals surface area (Å²) in [5.74, 6) is 2.28. The van der Waals surface area contributed by atoms with Crippen molar-refractivity contribution in [2.24, 2.45) is 17.7 Å². The number of ether oxygens (including phenoxy) is 3. The Bertz CT molecular complexity index is 1890. The summed E-state index contributed by atoms with van der Waals surface area (Å²) in [4.78, 5) is 80.8. The molecule has 0 heterocycles. The van der Waals surface area contributed by atoms with Gasteiger partial charge in [0.05, 0.1) is 13.2 Å². The van der Waals surface area contributed by atoms with Crippen molar-refractivity contribution in [3.05, 3.63) is 102 Å². The lowest BCUT2D eigenvalue weighted by Crippen LogP contribution is -2.60. The Hall–Kier alpha value is -6.00. The van der Waals surface area contributed by atoms with Crippen LogP contribution >= 0.6 is 0 Å². The van der Waals surface area contributed by atoms with E-state index >= 15 is 0 Å². The van der Waals surface area contributed by atoms with Gasteiger partial charge in [-0.25, -0.2) is 10.6 Å². The van der Waals surface area contributed by atoms with Gasteiger partial charge in [0, 0.05) is 6.42 Å². The molecule has 8 N–H and O–H groups in total. The molecule has 0 saturated heterocycles. The fraction of sp³-hybridized carbons (Fsp3) is 0.478. The van der Waals surface area contributed by atoms with Crippen LogP contribution in [-0.2, 0) is 53.1 Å². The van der Waals surface area contributed by atoms with E-state index in [1.54, 1.807) is 52.0 Å². The average molecular weight is 860 g/mol. The quantitative estimate of drug-likeness (QED) is 0.0413. The first kappa shape index (κ1) is 50.4. The number of amides is 6. The van der Waals surface area contributed by atoms with E-state index in [0.29, 0.717) is 24.3 Å². The Morgan fingerprint density at radius 1 is 0.613 bits per heavy atom. The molecule has 16 heteroatoms. The number of benzene rings is 3. The smallest absolute Gasteiger partial charge is 0.408 e. The van der Waals surface area contributed by atoms with E-state index in [0.717, 1.165) is 11.1 Å². The van der Waals surface area contributed by atoms with Crippen LogP contribution in [0.25, 0.3) is 0 Å². The lowest BCUT2D eigenvalue weighted by molar-refractivity contribution is -0.135. The third-order valence-electron chi connectivity index (χ3n) is 9.68. The molecule has 0 fully saturated rings. The zero-order chi connectivity index (χ0) is 45.8. The fourth-order valence-corrected chi connectivity index (χ4v) is 6.11. The monoisotopic (exact) mass is 859 g/mol. The summed E-state index contributed by atoms with van der Waals surface area (Å²) in [5.41, 5.74) is 3.74. The van der Waals surface area contributed by atoms with Gasteiger partial charge >= 0.3 is 6.09 Å². The summed E-state index contributed by atoms with van der Waals surface area (Å²) >= 11 is 0. The van der Waals surface area contributed by atoms with Crippen molar-refractivity contribution in [3.8, 4) is 5.75 Å². The first-order chi connectivity index (χ1) is 29.4. The summed E-state index contributed by atoms with van der Waals surface area (Å²) in [7, 11) is 0. The van der Waals surface area contributed by atoms with Crippen LogP contribution in [-0.4, -0.2) is 78.0 Å². The Morgan fingerprint density at radius 3 is 1.71 bits per heavy atom. The minimum absolute atomic E-state index is 0.00332. The molecule has 0 radical (unpaired) electrons. The van der Waals surface area contributed by atoms with Crippen LogP contribution in [0.1, 0.15) is 84.9 Å². The zero-order valence-electron chi connectivity index (χ0n) is 37.1. The molecular weight excluding hydrogens is 795 g/mol. The molecule has 0 spiro atoms. The SMILES string of the molecule is CC[C@H](C)[C@H](NC(=O)OC(C)(C)C)C(=O)N[C@@H](Cc1ccc(OCc2ccccc2)cc1)C(=O)N[C@@H](C)C(=O)N[C@@H](COCc1ccccc1)C(=O)N[C@@H](CC(C)C)C(=O)NN. The predicted octanol–water partition coefficient (Wildman–Crippen LogP) is 3.96. The number of carbonyl (C=O) groups is 6. The number of nitrogens with one attached hydrogen (secondary N) is 6. The van der Waals surface area contributed by atoms with Crippen LogP contribution < -0.4 is 42.6 Å². The van der Waals surface area contributed by atoms with Gasteiger partial charge in [-0.1, -0.05) is 107 Å². The summed E-state index contributed by atoms with van der Waals surface area (Å²) in [6.07, 6.45) is 0.00393. The lowest BCUT2D eigenvalue weighted by atomic mass is 9.97. The number of rotatable bonds is 23. The topological polar surface area (TPSA) is 228 Å². The van der Waals surface area contributed by atoms with Gasteiger partial charge in [0.15, 0.2) is 0 Å². The molecule has 6 amide bonds. The van der Waals surface area contributed by atoms with Crippen LogP contribution in [0.15, 0.2) is 84.9 Å². The normalized spacial score (nSPS) is 14.2. The molecule has 0 aliphatic heterocycles. The van der Waals surface area contributed by atoms with E-state index in [9.17, 15) is 28.8 Å². The van der Waals surface area contributed by atoms with Gasteiger partial charge in [0.2, 0.25) is 23.6 Å². The van der Waals surface area contributed by atoms with Gasteiger partial charge in [-0.05, 0) is 74.8 Å². The van der Waals surface area contributed by atoms with Gasteiger partial charge < -0.3 is 40.8 Å². The van der Waals surface area contributed by atoms with Crippen LogP contribution in [0.5, 0.6) is 5.75 Å². The molecule has 338 valence electrons. The zero-order valence-corrected chi connectivity index (χ0v) is 37.1. The Kier molecular flexibility index (Phi) is 20.4. The summed E-state index contributed by atoms with van der Waals surface area (Å²) in [5, 5.41) is 13.4. The third-order valence-corrected chi connectivity index (χ3v) is 9.68. The summed E-state index contributed by atoms with van der Waals surface area (Å²) < 4.78 is 17.2. The largest absolute Gasteiger partial charge is 0.489 e. The van der Waals surface area contributed by atoms with Crippen LogP contribution in [0.3, 0.4) is 0 Å². The van der Waals surface area contributed by atoms with E-state index < -0.39 is 71.4 Å².